The average Bonchev–Trinajstić information content (AvgIpc) is 3.68. The largest absolute Gasteiger partial charge is 0.293 e. The molecule has 1 unspecified atom stereocenters. The van der Waals surface area contributed by atoms with Crippen LogP contribution in [0.1, 0.15) is 34.3 Å². The zero-order valence-corrected chi connectivity index (χ0v) is 19.9. The monoisotopic (exact) mass is 465 g/mol. The van der Waals surface area contributed by atoms with E-state index >= 15 is 0 Å². The van der Waals surface area contributed by atoms with Crippen molar-refractivity contribution in [2.75, 3.05) is 0 Å². The van der Waals surface area contributed by atoms with Gasteiger partial charge in [-0.1, -0.05) is 133 Å². The highest BCUT2D eigenvalue weighted by Crippen LogP contribution is 2.52. The Morgan fingerprint density at radius 1 is 0.639 bits per heavy atom. The van der Waals surface area contributed by atoms with Gasteiger partial charge in [0, 0.05) is 0 Å². The Morgan fingerprint density at radius 2 is 1.19 bits per heavy atom. The molecule has 0 spiro atoms. The highest BCUT2D eigenvalue weighted by Gasteiger charge is 2.56. The predicted octanol–water partition coefficient (Wildman–Crippen LogP) is 7.64. The average molecular weight is 466 g/mol. The molecule has 1 fully saturated rings. The molecule has 1 heterocycles. The summed E-state index contributed by atoms with van der Waals surface area (Å²) in [5.41, 5.74) is 4.59. The van der Waals surface area contributed by atoms with Crippen molar-refractivity contribution >= 4 is 22.6 Å². The first-order valence-corrected chi connectivity index (χ1v) is 12.4. The lowest BCUT2D eigenvalue weighted by atomic mass is 9.98. The van der Waals surface area contributed by atoms with Crippen molar-refractivity contribution in [2.24, 2.45) is 0 Å². The van der Waals surface area contributed by atoms with E-state index in [2.05, 4.69) is 95.9 Å². The fourth-order valence-corrected chi connectivity index (χ4v) is 5.27. The van der Waals surface area contributed by atoms with Crippen LogP contribution in [0.25, 0.3) is 16.8 Å². The molecule has 1 saturated heterocycles. The van der Waals surface area contributed by atoms with Crippen LogP contribution in [-0.4, -0.2) is 16.7 Å². The van der Waals surface area contributed by atoms with Gasteiger partial charge in [0.15, 0.2) is 5.78 Å². The van der Waals surface area contributed by atoms with E-state index in [0.717, 1.165) is 5.56 Å². The van der Waals surface area contributed by atoms with Crippen LogP contribution in [0, 0.1) is 0 Å². The molecule has 2 nitrogen and oxygen atoms in total. The Morgan fingerprint density at radius 3 is 1.83 bits per heavy atom. The molecular weight excluding hydrogens is 438 g/mol. The molecule has 5 aromatic carbocycles. The van der Waals surface area contributed by atoms with E-state index in [1.807, 2.05) is 48.5 Å². The number of hydrogen-bond acceptors (Lipinski definition) is 2. The predicted molar refractivity (Wildman–Crippen MR) is 148 cm³/mol. The van der Waals surface area contributed by atoms with Gasteiger partial charge in [0.05, 0.1) is 18.1 Å². The van der Waals surface area contributed by atoms with Crippen LogP contribution in [0.5, 0.6) is 0 Å². The summed E-state index contributed by atoms with van der Waals surface area (Å²) in [5.74, 6) is 0.133. The van der Waals surface area contributed by atoms with Gasteiger partial charge in [0.2, 0.25) is 0 Å². The Hall–Kier alpha value is -4.27. The molecule has 0 bridgehead atoms. The summed E-state index contributed by atoms with van der Waals surface area (Å²) < 4.78 is 0. The van der Waals surface area contributed by atoms with Gasteiger partial charge in [-0.05, 0) is 45.2 Å². The summed E-state index contributed by atoms with van der Waals surface area (Å²) >= 11 is 0. The van der Waals surface area contributed by atoms with Crippen molar-refractivity contribution in [2.45, 2.75) is 18.1 Å². The smallest absolute Gasteiger partial charge is 0.174 e. The number of fused-ring (bicyclic) bond motifs is 1. The molecule has 36 heavy (non-hydrogen) atoms. The summed E-state index contributed by atoms with van der Waals surface area (Å²) in [7, 11) is 0. The Labute approximate surface area is 212 Å². The van der Waals surface area contributed by atoms with Crippen molar-refractivity contribution in [1.82, 2.24) is 4.90 Å². The SMILES string of the molecule is O=C(/C=C/c1ccccc1)[C@H]1[C@@H](c2ccc3ccccc3c2)N1C(c1ccccc1)c1ccccc1. The van der Waals surface area contributed by atoms with Crippen LogP contribution in [0.15, 0.2) is 140 Å². The minimum absolute atomic E-state index is 0.00735. The molecule has 1 aliphatic rings. The molecular formula is C34H27NO. The molecule has 0 saturated carbocycles. The van der Waals surface area contributed by atoms with Crippen molar-refractivity contribution in [3.8, 4) is 0 Å². The van der Waals surface area contributed by atoms with E-state index in [-0.39, 0.29) is 23.9 Å². The maximum absolute atomic E-state index is 13.7. The van der Waals surface area contributed by atoms with Crippen molar-refractivity contribution in [3.05, 3.63) is 162 Å². The molecule has 3 atom stereocenters. The van der Waals surface area contributed by atoms with E-state index in [0.29, 0.717) is 0 Å². The van der Waals surface area contributed by atoms with Crippen LogP contribution in [0.3, 0.4) is 0 Å². The third-order valence-corrected chi connectivity index (χ3v) is 7.03. The molecule has 0 amide bonds. The van der Waals surface area contributed by atoms with Crippen LogP contribution in [0.4, 0.5) is 0 Å². The van der Waals surface area contributed by atoms with Crippen LogP contribution in [0.2, 0.25) is 0 Å². The molecule has 1 aliphatic heterocycles. The third kappa shape index (κ3) is 4.39. The molecule has 0 N–H and O–H groups in total. The van der Waals surface area contributed by atoms with Gasteiger partial charge in [-0.25, -0.2) is 0 Å². The zero-order chi connectivity index (χ0) is 24.3. The van der Waals surface area contributed by atoms with Crippen LogP contribution >= 0.6 is 0 Å². The quantitative estimate of drug-likeness (QED) is 0.182. The van der Waals surface area contributed by atoms with Gasteiger partial charge >= 0.3 is 0 Å². The highest BCUT2D eigenvalue weighted by atomic mass is 16.1. The lowest BCUT2D eigenvalue weighted by Gasteiger charge is -2.21. The third-order valence-electron chi connectivity index (χ3n) is 7.03. The number of hydrogen-bond donors (Lipinski definition) is 0. The number of nitrogens with zero attached hydrogens (tertiary/aromatic N) is 1. The maximum Gasteiger partial charge on any atom is 0.174 e. The second kappa shape index (κ2) is 9.77. The summed E-state index contributed by atoms with van der Waals surface area (Å²) in [6, 6.07) is 45.8. The van der Waals surface area contributed by atoms with Crippen molar-refractivity contribution in [1.29, 1.82) is 0 Å². The summed E-state index contributed by atoms with van der Waals surface area (Å²) in [4.78, 5) is 16.0. The first-order valence-electron chi connectivity index (χ1n) is 12.4. The van der Waals surface area contributed by atoms with Crippen molar-refractivity contribution in [3.63, 3.8) is 0 Å². The fourth-order valence-electron chi connectivity index (χ4n) is 5.27. The number of rotatable bonds is 7. The molecule has 174 valence electrons. The Bertz CT molecular complexity index is 1470. The van der Waals surface area contributed by atoms with E-state index in [1.165, 1.54) is 27.5 Å². The first kappa shape index (κ1) is 22.2. The van der Waals surface area contributed by atoms with Gasteiger partial charge in [-0.3, -0.25) is 9.69 Å². The first-order chi connectivity index (χ1) is 17.8. The molecule has 0 aromatic heterocycles. The van der Waals surface area contributed by atoms with Gasteiger partial charge in [-0.15, -0.1) is 0 Å². The topological polar surface area (TPSA) is 20.1 Å². The highest BCUT2D eigenvalue weighted by molar-refractivity contribution is 6.00. The van der Waals surface area contributed by atoms with E-state index in [9.17, 15) is 4.79 Å². The van der Waals surface area contributed by atoms with E-state index < -0.39 is 0 Å². The number of carbonyl (C=O) groups excluding carboxylic acids is 1. The zero-order valence-electron chi connectivity index (χ0n) is 19.9. The normalized spacial score (nSPS) is 19.1. The second-order valence-corrected chi connectivity index (χ2v) is 9.31. The molecule has 0 radical (unpaired) electrons. The molecule has 6 rings (SSSR count). The summed E-state index contributed by atoms with van der Waals surface area (Å²) in [6.07, 6.45) is 3.68. The second-order valence-electron chi connectivity index (χ2n) is 9.31. The maximum atomic E-state index is 13.7. The molecule has 0 aliphatic carbocycles. The van der Waals surface area contributed by atoms with E-state index in [4.69, 9.17) is 0 Å². The number of benzene rings is 5. The molecule has 5 aromatic rings. The lowest BCUT2D eigenvalue weighted by molar-refractivity contribution is -0.114. The van der Waals surface area contributed by atoms with Gasteiger partial charge in [0.1, 0.15) is 0 Å². The standard InChI is InChI=1S/C34H27NO/c36-31(23-20-25-12-4-1-5-13-25)34-33(30-22-21-26-14-10-11-19-29(26)24-30)35(34)32(27-15-6-2-7-16-27)28-17-8-3-9-18-28/h1-24,32-34H/b23-20+/t33-,34+,35?/m1/s1. The van der Waals surface area contributed by atoms with Crippen molar-refractivity contribution < 1.29 is 4.79 Å². The Balaban J connectivity index is 1.42. The summed E-state index contributed by atoms with van der Waals surface area (Å²) in [6.45, 7) is 0. The fraction of sp³-hybridized carbons (Fsp3) is 0.0882. The van der Waals surface area contributed by atoms with Gasteiger partial charge in [-0.2, -0.15) is 0 Å². The number of carbonyl (C=O) groups is 1. The summed E-state index contributed by atoms with van der Waals surface area (Å²) in [5, 5.41) is 2.41. The van der Waals surface area contributed by atoms with Crippen LogP contribution < -0.4 is 0 Å². The Kier molecular flexibility index (Phi) is 6.03. The number of ketones is 1. The lowest BCUT2D eigenvalue weighted by Crippen LogP contribution is -2.17. The van der Waals surface area contributed by atoms with Crippen LogP contribution in [-0.2, 0) is 4.79 Å². The minimum atomic E-state index is -0.225. The van der Waals surface area contributed by atoms with Gasteiger partial charge < -0.3 is 0 Å². The van der Waals surface area contributed by atoms with Gasteiger partial charge in [0.25, 0.3) is 0 Å². The van der Waals surface area contributed by atoms with E-state index in [1.54, 1.807) is 6.08 Å². The minimum Gasteiger partial charge on any atom is -0.293 e. The molecule has 2 heteroatoms.